The second-order valence-electron chi connectivity index (χ2n) is 4.94. The lowest BCUT2D eigenvalue weighted by atomic mass is 10.1. The monoisotopic (exact) mass is 340 g/mol. The minimum Gasteiger partial charge on any atom is -0.465 e. The van der Waals surface area contributed by atoms with Gasteiger partial charge in [-0.3, -0.25) is 0 Å². The van der Waals surface area contributed by atoms with Gasteiger partial charge in [0.2, 0.25) is 0 Å². The number of ether oxygens (including phenoxy) is 2. The Hall–Kier alpha value is -3.33. The minimum absolute atomic E-state index is 0.114. The maximum atomic E-state index is 11.7. The van der Waals surface area contributed by atoms with Gasteiger partial charge in [0.25, 0.3) is 0 Å². The molecule has 0 spiro atoms. The molecule has 25 heavy (non-hydrogen) atoms. The summed E-state index contributed by atoms with van der Waals surface area (Å²) in [5, 5.41) is 9.35. The highest BCUT2D eigenvalue weighted by Gasteiger charge is 2.20. The number of benzene rings is 1. The Morgan fingerprint density at radius 2 is 1.80 bits per heavy atom. The zero-order valence-electron chi connectivity index (χ0n) is 14.3. The number of rotatable bonds is 8. The summed E-state index contributed by atoms with van der Waals surface area (Å²) < 4.78 is 9.11. The van der Waals surface area contributed by atoms with Gasteiger partial charge < -0.3 is 14.4 Å². The normalized spacial score (nSPS) is 10.2. The standard InChI is InChI=1S/C19H20N2O4/c1-4-10-21(13-15-8-6-5-7-9-15)14-16(12-20)11-17(18(22)24-2)19(23)25-3/h4-9,11,14H,1,10,13H2,2-3H3/b16-14-. The van der Waals surface area contributed by atoms with Crippen molar-refractivity contribution in [3.05, 3.63) is 72.0 Å². The molecule has 130 valence electrons. The van der Waals surface area contributed by atoms with E-state index in [1.165, 1.54) is 0 Å². The van der Waals surface area contributed by atoms with Crippen LogP contribution in [0, 0.1) is 11.3 Å². The number of hydrogen-bond donors (Lipinski definition) is 0. The highest BCUT2D eigenvalue weighted by atomic mass is 16.5. The summed E-state index contributed by atoms with van der Waals surface area (Å²) in [7, 11) is 2.29. The zero-order chi connectivity index (χ0) is 18.7. The molecule has 0 aliphatic rings. The predicted molar refractivity (Wildman–Crippen MR) is 92.9 cm³/mol. The van der Waals surface area contributed by atoms with E-state index in [1.807, 2.05) is 41.3 Å². The van der Waals surface area contributed by atoms with Gasteiger partial charge in [-0.05, 0) is 11.6 Å². The van der Waals surface area contributed by atoms with Crippen molar-refractivity contribution in [1.82, 2.24) is 4.90 Å². The van der Waals surface area contributed by atoms with E-state index < -0.39 is 11.9 Å². The maximum Gasteiger partial charge on any atom is 0.345 e. The molecule has 0 atom stereocenters. The van der Waals surface area contributed by atoms with Gasteiger partial charge in [0, 0.05) is 19.3 Å². The van der Waals surface area contributed by atoms with Crippen LogP contribution in [0.2, 0.25) is 0 Å². The van der Waals surface area contributed by atoms with Gasteiger partial charge in [0.1, 0.15) is 11.6 Å². The average molecular weight is 340 g/mol. The van der Waals surface area contributed by atoms with Crippen LogP contribution in [-0.4, -0.2) is 37.6 Å². The number of hydrogen-bond acceptors (Lipinski definition) is 6. The zero-order valence-corrected chi connectivity index (χ0v) is 14.3. The molecule has 0 aliphatic carbocycles. The van der Waals surface area contributed by atoms with Gasteiger partial charge in [-0.25, -0.2) is 9.59 Å². The van der Waals surface area contributed by atoms with Crippen molar-refractivity contribution < 1.29 is 19.1 Å². The highest BCUT2D eigenvalue weighted by Crippen LogP contribution is 2.11. The van der Waals surface area contributed by atoms with Gasteiger partial charge >= 0.3 is 11.9 Å². The van der Waals surface area contributed by atoms with Crippen molar-refractivity contribution >= 4 is 11.9 Å². The van der Waals surface area contributed by atoms with Crippen LogP contribution in [0.3, 0.4) is 0 Å². The first kappa shape index (κ1) is 19.7. The molecule has 6 heteroatoms. The van der Waals surface area contributed by atoms with Crippen molar-refractivity contribution in [1.29, 1.82) is 5.26 Å². The van der Waals surface area contributed by atoms with E-state index >= 15 is 0 Å². The van der Waals surface area contributed by atoms with E-state index in [1.54, 1.807) is 12.3 Å². The summed E-state index contributed by atoms with van der Waals surface area (Å²) >= 11 is 0. The summed E-state index contributed by atoms with van der Waals surface area (Å²) in [5.41, 5.74) is 0.808. The topological polar surface area (TPSA) is 79.6 Å². The van der Waals surface area contributed by atoms with Crippen LogP contribution < -0.4 is 0 Å². The molecule has 0 heterocycles. The lowest BCUT2D eigenvalue weighted by molar-refractivity contribution is -0.144. The number of nitrogens with zero attached hydrogens (tertiary/aromatic N) is 2. The van der Waals surface area contributed by atoms with Crippen LogP contribution in [0.1, 0.15) is 5.56 Å². The third kappa shape index (κ3) is 6.36. The Morgan fingerprint density at radius 1 is 1.20 bits per heavy atom. The van der Waals surface area contributed by atoms with Gasteiger partial charge in [0.05, 0.1) is 19.8 Å². The summed E-state index contributed by atoms with van der Waals surface area (Å²) in [6.45, 7) is 4.73. The Kier molecular flexibility index (Phi) is 8.24. The summed E-state index contributed by atoms with van der Waals surface area (Å²) in [5.74, 6) is -1.74. The molecule has 0 saturated heterocycles. The van der Waals surface area contributed by atoms with Crippen LogP contribution in [0.15, 0.2) is 66.4 Å². The second kappa shape index (κ2) is 10.4. The van der Waals surface area contributed by atoms with E-state index in [0.717, 1.165) is 25.9 Å². The molecule has 1 rings (SSSR count). The number of methoxy groups -OCH3 is 2. The van der Waals surface area contributed by atoms with Crippen LogP contribution >= 0.6 is 0 Å². The molecule has 0 aliphatic heterocycles. The van der Waals surface area contributed by atoms with Gasteiger partial charge in [-0.2, -0.15) is 5.26 Å². The summed E-state index contributed by atoms with van der Waals surface area (Å²) in [4.78, 5) is 25.3. The highest BCUT2D eigenvalue weighted by molar-refractivity contribution is 6.14. The molecule has 0 amide bonds. The van der Waals surface area contributed by atoms with Crippen LogP contribution in [0.5, 0.6) is 0 Å². The van der Waals surface area contributed by atoms with E-state index in [-0.39, 0.29) is 11.1 Å². The molecule has 6 nitrogen and oxygen atoms in total. The molecular weight excluding hydrogens is 320 g/mol. The molecular formula is C19H20N2O4. The van der Waals surface area contributed by atoms with E-state index in [2.05, 4.69) is 16.1 Å². The third-order valence-electron chi connectivity index (χ3n) is 3.15. The first-order valence-electron chi connectivity index (χ1n) is 7.44. The fourth-order valence-corrected chi connectivity index (χ4v) is 2.02. The lowest BCUT2D eigenvalue weighted by Crippen LogP contribution is -2.18. The number of nitriles is 1. The van der Waals surface area contributed by atoms with Crippen LogP contribution in [0.25, 0.3) is 0 Å². The van der Waals surface area contributed by atoms with Crippen molar-refractivity contribution in [2.24, 2.45) is 0 Å². The molecule has 0 fully saturated rings. The fraction of sp³-hybridized carbons (Fsp3) is 0.211. The van der Waals surface area contributed by atoms with Crippen molar-refractivity contribution in [2.75, 3.05) is 20.8 Å². The number of carbonyl (C=O) groups excluding carboxylic acids is 2. The smallest absolute Gasteiger partial charge is 0.345 e. The van der Waals surface area contributed by atoms with Crippen LogP contribution in [-0.2, 0) is 25.6 Å². The van der Waals surface area contributed by atoms with E-state index in [4.69, 9.17) is 0 Å². The summed E-state index contributed by atoms with van der Waals surface area (Å²) in [6, 6.07) is 11.6. The third-order valence-corrected chi connectivity index (χ3v) is 3.15. The Labute approximate surface area is 147 Å². The maximum absolute atomic E-state index is 11.7. The van der Waals surface area contributed by atoms with Crippen molar-refractivity contribution in [3.63, 3.8) is 0 Å². The van der Waals surface area contributed by atoms with Crippen LogP contribution in [0.4, 0.5) is 0 Å². The molecule has 1 aromatic carbocycles. The molecule has 0 saturated carbocycles. The first-order valence-corrected chi connectivity index (χ1v) is 7.44. The van der Waals surface area contributed by atoms with E-state index in [9.17, 15) is 14.9 Å². The molecule has 0 bridgehead atoms. The van der Waals surface area contributed by atoms with Gasteiger partial charge in [-0.15, -0.1) is 6.58 Å². The molecule has 0 radical (unpaired) electrons. The fourth-order valence-electron chi connectivity index (χ4n) is 2.02. The largest absolute Gasteiger partial charge is 0.465 e. The summed E-state index contributed by atoms with van der Waals surface area (Å²) in [6.07, 6.45) is 4.40. The molecule has 0 N–H and O–H groups in total. The van der Waals surface area contributed by atoms with Crippen molar-refractivity contribution in [2.45, 2.75) is 6.54 Å². The average Bonchev–Trinajstić information content (AvgIpc) is 2.64. The van der Waals surface area contributed by atoms with Gasteiger partial charge in [0.15, 0.2) is 0 Å². The number of esters is 2. The van der Waals surface area contributed by atoms with E-state index in [0.29, 0.717) is 13.1 Å². The van der Waals surface area contributed by atoms with Gasteiger partial charge in [-0.1, -0.05) is 36.4 Å². The quantitative estimate of drug-likeness (QED) is 0.137. The Morgan fingerprint density at radius 3 is 2.28 bits per heavy atom. The second-order valence-corrected chi connectivity index (χ2v) is 4.94. The minimum atomic E-state index is -0.869. The Bertz CT molecular complexity index is 697. The molecule has 1 aromatic rings. The SMILES string of the molecule is C=CCN(/C=C(\C#N)C=C(C(=O)OC)C(=O)OC)Cc1ccccc1. The Balaban J connectivity index is 3.16. The number of allylic oxidation sites excluding steroid dienone is 2. The number of carbonyl (C=O) groups is 2. The van der Waals surface area contributed by atoms with Crippen molar-refractivity contribution in [3.8, 4) is 6.07 Å². The lowest BCUT2D eigenvalue weighted by Gasteiger charge is -2.19. The predicted octanol–water partition coefficient (Wildman–Crippen LogP) is 2.35. The molecule has 0 unspecified atom stereocenters. The first-order chi connectivity index (χ1) is 12.0. The molecule has 0 aromatic heterocycles.